The van der Waals surface area contributed by atoms with Crippen LogP contribution in [0.15, 0.2) is 35.3 Å². The maximum atomic E-state index is 5.61. The quantitative estimate of drug-likeness (QED) is 0.390. The van der Waals surface area contributed by atoms with Crippen LogP contribution >= 0.6 is 24.0 Å². The fraction of sp³-hybridized carbons (Fsp3) is 0.650. The monoisotopic (exact) mass is 474 g/mol. The molecule has 1 fully saturated rings. The molecule has 1 heterocycles. The van der Waals surface area contributed by atoms with Crippen LogP contribution in [0, 0.1) is 5.41 Å². The zero-order valence-corrected chi connectivity index (χ0v) is 19.1. The highest BCUT2D eigenvalue weighted by atomic mass is 127. The highest BCUT2D eigenvalue weighted by Crippen LogP contribution is 2.21. The van der Waals surface area contributed by atoms with E-state index in [1.807, 2.05) is 7.05 Å². The number of anilines is 1. The molecule has 2 rings (SSSR count). The van der Waals surface area contributed by atoms with Gasteiger partial charge in [-0.1, -0.05) is 39.0 Å². The smallest absolute Gasteiger partial charge is 0.191 e. The maximum Gasteiger partial charge on any atom is 0.191 e. The van der Waals surface area contributed by atoms with Gasteiger partial charge in [-0.05, 0) is 30.4 Å². The predicted octanol–water partition coefficient (Wildman–Crippen LogP) is 3.50. The van der Waals surface area contributed by atoms with Crippen molar-refractivity contribution in [2.75, 3.05) is 38.7 Å². The summed E-state index contributed by atoms with van der Waals surface area (Å²) in [4.78, 5) is 6.83. The lowest BCUT2D eigenvalue weighted by Crippen LogP contribution is -2.51. The van der Waals surface area contributed by atoms with Crippen molar-refractivity contribution in [1.29, 1.82) is 0 Å². The number of nitrogens with zero attached hydrogens (tertiary/aromatic N) is 2. The van der Waals surface area contributed by atoms with Gasteiger partial charge in [-0.3, -0.25) is 4.99 Å². The topological polar surface area (TPSA) is 48.9 Å². The van der Waals surface area contributed by atoms with Crippen molar-refractivity contribution in [3.8, 4) is 0 Å². The van der Waals surface area contributed by atoms with Crippen molar-refractivity contribution in [1.82, 2.24) is 10.6 Å². The van der Waals surface area contributed by atoms with E-state index in [9.17, 15) is 0 Å². The summed E-state index contributed by atoms with van der Waals surface area (Å²) in [6.45, 7) is 9.47. The summed E-state index contributed by atoms with van der Waals surface area (Å²) in [5, 5.41) is 6.98. The van der Waals surface area contributed by atoms with Crippen LogP contribution in [-0.4, -0.2) is 51.9 Å². The second-order valence-corrected chi connectivity index (χ2v) is 7.78. The van der Waals surface area contributed by atoms with Gasteiger partial charge in [0, 0.05) is 45.5 Å². The molecule has 1 aliphatic rings. The number of aliphatic imine (C=N–C) groups is 1. The molecule has 26 heavy (non-hydrogen) atoms. The van der Waals surface area contributed by atoms with Crippen molar-refractivity contribution >= 4 is 35.6 Å². The number of nitrogens with one attached hydrogen (secondary N) is 2. The fourth-order valence-corrected chi connectivity index (χ4v) is 3.24. The molecule has 6 heteroatoms. The van der Waals surface area contributed by atoms with Crippen LogP contribution in [0.25, 0.3) is 0 Å². The van der Waals surface area contributed by atoms with Crippen molar-refractivity contribution in [3.05, 3.63) is 30.3 Å². The molecule has 5 nitrogen and oxygen atoms in total. The van der Waals surface area contributed by atoms with E-state index in [0.717, 1.165) is 38.4 Å². The molecule has 1 aromatic rings. The predicted molar refractivity (Wildman–Crippen MR) is 122 cm³/mol. The second-order valence-electron chi connectivity index (χ2n) is 7.78. The zero-order chi connectivity index (χ0) is 18.3. The minimum Gasteiger partial charge on any atom is -0.379 e. The molecule has 1 unspecified atom stereocenters. The molecule has 1 saturated heterocycles. The van der Waals surface area contributed by atoms with Gasteiger partial charge in [0.05, 0.1) is 6.10 Å². The molecule has 0 aliphatic carbocycles. The van der Waals surface area contributed by atoms with E-state index in [1.165, 1.54) is 5.69 Å². The summed E-state index contributed by atoms with van der Waals surface area (Å²) in [6.07, 6.45) is 2.37. The Morgan fingerprint density at radius 3 is 2.35 bits per heavy atom. The average Bonchev–Trinajstić information content (AvgIpc) is 2.61. The minimum absolute atomic E-state index is 0. The molecule has 1 aliphatic heterocycles. The van der Waals surface area contributed by atoms with Crippen molar-refractivity contribution < 1.29 is 4.74 Å². The van der Waals surface area contributed by atoms with Crippen LogP contribution in [0.2, 0.25) is 0 Å². The third-order valence-corrected chi connectivity index (χ3v) is 4.89. The van der Waals surface area contributed by atoms with Gasteiger partial charge in [0.15, 0.2) is 5.96 Å². The Hall–Kier alpha value is -1.02. The first kappa shape index (κ1) is 23.0. The van der Waals surface area contributed by atoms with E-state index < -0.39 is 0 Å². The summed E-state index contributed by atoms with van der Waals surface area (Å²) in [5.74, 6) is 0.865. The standard InChI is InChI=1S/C20H34N4O.HI/c1-20(2,3)18(25-5)15-22-19(21-4)23-16-11-13-24(14-12-16)17-9-7-6-8-10-17;/h6-10,16,18H,11-15H2,1-5H3,(H2,21,22,23);1H. The Bertz CT molecular complexity index is 536. The lowest BCUT2D eigenvalue weighted by Gasteiger charge is -2.35. The molecule has 0 bridgehead atoms. The zero-order valence-electron chi connectivity index (χ0n) is 16.8. The van der Waals surface area contributed by atoms with Crippen LogP contribution < -0.4 is 15.5 Å². The number of para-hydroxylation sites is 1. The lowest BCUT2D eigenvalue weighted by atomic mass is 9.89. The fourth-order valence-electron chi connectivity index (χ4n) is 3.24. The molecule has 0 spiro atoms. The molecular weight excluding hydrogens is 439 g/mol. The van der Waals surface area contributed by atoms with Crippen LogP contribution in [0.5, 0.6) is 0 Å². The number of ether oxygens (including phenoxy) is 1. The van der Waals surface area contributed by atoms with Crippen molar-refractivity contribution in [2.24, 2.45) is 10.4 Å². The van der Waals surface area contributed by atoms with Gasteiger partial charge in [0.25, 0.3) is 0 Å². The van der Waals surface area contributed by atoms with Gasteiger partial charge >= 0.3 is 0 Å². The molecular formula is C20H35IN4O. The largest absolute Gasteiger partial charge is 0.379 e. The number of piperidine rings is 1. The van der Waals surface area contributed by atoms with Gasteiger partial charge < -0.3 is 20.3 Å². The van der Waals surface area contributed by atoms with Gasteiger partial charge in [-0.25, -0.2) is 0 Å². The summed E-state index contributed by atoms with van der Waals surface area (Å²) in [6, 6.07) is 11.1. The number of guanidine groups is 1. The molecule has 0 saturated carbocycles. The number of rotatable bonds is 5. The molecule has 0 aromatic heterocycles. The Labute approximate surface area is 176 Å². The summed E-state index contributed by atoms with van der Waals surface area (Å²) in [7, 11) is 3.60. The van der Waals surface area contributed by atoms with E-state index >= 15 is 0 Å². The van der Waals surface area contributed by atoms with Crippen molar-refractivity contribution in [3.63, 3.8) is 0 Å². The molecule has 1 atom stereocenters. The Morgan fingerprint density at radius 1 is 1.23 bits per heavy atom. The highest BCUT2D eigenvalue weighted by molar-refractivity contribution is 14.0. The number of hydrogen-bond acceptors (Lipinski definition) is 3. The van der Waals surface area contributed by atoms with Gasteiger partial charge in [-0.15, -0.1) is 24.0 Å². The number of halogens is 1. The Kier molecular flexibility index (Phi) is 9.71. The van der Waals surface area contributed by atoms with E-state index in [1.54, 1.807) is 7.11 Å². The van der Waals surface area contributed by atoms with E-state index in [0.29, 0.717) is 6.04 Å². The van der Waals surface area contributed by atoms with Crippen LogP contribution in [0.3, 0.4) is 0 Å². The third-order valence-electron chi connectivity index (χ3n) is 4.89. The van der Waals surface area contributed by atoms with Gasteiger partial charge in [-0.2, -0.15) is 0 Å². The SMILES string of the molecule is CN=C(NCC(OC)C(C)(C)C)NC1CCN(c2ccccc2)CC1.I. The first-order valence-electron chi connectivity index (χ1n) is 9.24. The molecule has 2 N–H and O–H groups in total. The van der Waals surface area contributed by atoms with Crippen LogP contribution in [0.1, 0.15) is 33.6 Å². The normalized spacial score (nSPS) is 17.4. The number of methoxy groups -OCH3 is 1. The Balaban J connectivity index is 0.00000338. The molecule has 0 radical (unpaired) electrons. The van der Waals surface area contributed by atoms with Gasteiger partial charge in [0.2, 0.25) is 0 Å². The molecule has 0 amide bonds. The number of benzene rings is 1. The van der Waals surface area contributed by atoms with Crippen LogP contribution in [-0.2, 0) is 4.74 Å². The van der Waals surface area contributed by atoms with E-state index in [2.05, 4.69) is 71.6 Å². The van der Waals surface area contributed by atoms with E-state index in [4.69, 9.17) is 4.74 Å². The average molecular weight is 474 g/mol. The maximum absolute atomic E-state index is 5.61. The first-order chi connectivity index (χ1) is 11.9. The van der Waals surface area contributed by atoms with Crippen LogP contribution in [0.4, 0.5) is 5.69 Å². The third kappa shape index (κ3) is 6.95. The minimum atomic E-state index is 0. The summed E-state index contributed by atoms with van der Waals surface area (Å²) >= 11 is 0. The van der Waals surface area contributed by atoms with E-state index in [-0.39, 0.29) is 35.5 Å². The summed E-state index contributed by atoms with van der Waals surface area (Å²) < 4.78 is 5.61. The van der Waals surface area contributed by atoms with Gasteiger partial charge in [0.1, 0.15) is 0 Å². The molecule has 148 valence electrons. The Morgan fingerprint density at radius 2 is 1.85 bits per heavy atom. The van der Waals surface area contributed by atoms with Crippen molar-refractivity contribution in [2.45, 2.75) is 45.8 Å². The highest BCUT2D eigenvalue weighted by Gasteiger charge is 2.25. The first-order valence-corrected chi connectivity index (χ1v) is 9.24. The number of hydrogen-bond donors (Lipinski definition) is 2. The summed E-state index contributed by atoms with van der Waals surface area (Å²) in [5.41, 5.74) is 1.42. The lowest BCUT2D eigenvalue weighted by molar-refractivity contribution is 0.0205. The second kappa shape index (κ2) is 11.0. The molecule has 1 aromatic carbocycles.